The number of halogens is 1. The quantitative estimate of drug-likeness (QED) is 0.499. The molecule has 0 amide bonds. The van der Waals surface area contributed by atoms with E-state index in [0.29, 0.717) is 41.2 Å². The maximum absolute atomic E-state index is 6.35. The van der Waals surface area contributed by atoms with Crippen molar-refractivity contribution in [3.05, 3.63) is 16.7 Å². The number of benzene rings is 1. The summed E-state index contributed by atoms with van der Waals surface area (Å²) in [7, 11) is 35.8. The first kappa shape index (κ1) is 23.2. The second-order valence-corrected chi connectivity index (χ2v) is 7.55. The van der Waals surface area contributed by atoms with E-state index in [9.17, 15) is 0 Å². The first-order valence-electron chi connectivity index (χ1n) is 8.88. The van der Waals surface area contributed by atoms with E-state index in [1.165, 1.54) is 6.20 Å². The molecule has 1 aliphatic rings. The number of hydrogen-bond donors (Lipinski definition) is 1. The molecule has 0 aliphatic carbocycles. The number of nitrogen functional groups attached to an aromatic ring is 1. The van der Waals surface area contributed by atoms with E-state index in [1.807, 2.05) is 0 Å². The van der Waals surface area contributed by atoms with Crippen molar-refractivity contribution in [2.75, 3.05) is 32.2 Å². The molecule has 13 heteroatoms. The minimum atomic E-state index is -2.06. The highest BCUT2D eigenvalue weighted by Gasteiger charge is 2.25. The van der Waals surface area contributed by atoms with Crippen LogP contribution in [0.1, 0.15) is 0 Å². The van der Waals surface area contributed by atoms with Crippen LogP contribution in [0.5, 0.6) is 11.5 Å². The SMILES string of the molecule is [B]c1c([B])c(-c2cnc(N)c(Br)c2)c([B])c(OC([B])([B])[B])c1OC[C@H]1COCCO1. The van der Waals surface area contributed by atoms with Crippen LogP contribution in [0.3, 0.4) is 0 Å². The number of nitrogens with two attached hydrogens (primary N) is 1. The monoisotopic (exact) mass is 454 g/mol. The zero-order chi connectivity index (χ0) is 22.1. The van der Waals surface area contributed by atoms with Crippen molar-refractivity contribution in [1.82, 2.24) is 4.98 Å². The van der Waals surface area contributed by atoms with Gasteiger partial charge in [-0.15, -0.1) is 0 Å². The summed E-state index contributed by atoms with van der Waals surface area (Å²) < 4.78 is 22.8. The van der Waals surface area contributed by atoms with E-state index in [1.54, 1.807) is 6.07 Å². The molecular formula is C17H13B6BrN2O4. The molecule has 30 heavy (non-hydrogen) atoms. The van der Waals surface area contributed by atoms with E-state index in [0.717, 1.165) is 0 Å². The Morgan fingerprint density at radius 1 is 1.13 bits per heavy atom. The summed E-state index contributed by atoms with van der Waals surface area (Å²) >= 11 is 3.32. The van der Waals surface area contributed by atoms with E-state index < -0.39 is 5.30 Å². The van der Waals surface area contributed by atoms with Crippen molar-refractivity contribution in [2.45, 2.75) is 11.4 Å². The van der Waals surface area contributed by atoms with Gasteiger partial charge in [-0.3, -0.25) is 0 Å². The lowest BCUT2D eigenvalue weighted by Gasteiger charge is -2.31. The molecule has 140 valence electrons. The molecule has 1 aromatic carbocycles. The average molecular weight is 454 g/mol. The van der Waals surface area contributed by atoms with Crippen molar-refractivity contribution in [2.24, 2.45) is 0 Å². The fraction of sp³-hybridized carbons (Fsp3) is 0.353. The van der Waals surface area contributed by atoms with E-state index in [2.05, 4.69) is 20.9 Å². The van der Waals surface area contributed by atoms with Gasteiger partial charge in [-0.05, 0) is 38.3 Å². The van der Waals surface area contributed by atoms with Crippen LogP contribution in [0.4, 0.5) is 5.82 Å². The standard InChI is InChI=1S/C17H13B6BrN2O4/c18-11-10(7-3-9(24)16(25)26-4-7)12(19)15(30-17(21,22)23)14(13(11)20)29-6-8-5-27-1-2-28-8/h3-4,8H,1-2,5-6H2,(H2,25,26)/t8-/m1/s1. The molecular weight excluding hydrogens is 441 g/mol. The second kappa shape index (κ2) is 9.37. The molecule has 1 aromatic heterocycles. The lowest BCUT2D eigenvalue weighted by molar-refractivity contribution is -0.101. The van der Waals surface area contributed by atoms with E-state index in [4.69, 9.17) is 71.8 Å². The smallest absolute Gasteiger partial charge is 0.153 e. The van der Waals surface area contributed by atoms with Crippen LogP contribution < -0.4 is 31.6 Å². The largest absolute Gasteiger partial charge is 0.513 e. The lowest BCUT2D eigenvalue weighted by Crippen LogP contribution is -2.43. The fourth-order valence-corrected chi connectivity index (χ4v) is 3.24. The molecule has 2 N–H and O–H groups in total. The zero-order valence-electron chi connectivity index (χ0n) is 16.1. The number of hydrogen-bond acceptors (Lipinski definition) is 6. The summed E-state index contributed by atoms with van der Waals surface area (Å²) in [6.45, 7) is 1.43. The third-order valence-corrected chi connectivity index (χ3v) is 4.90. The molecule has 1 aliphatic heterocycles. The van der Waals surface area contributed by atoms with Crippen molar-refractivity contribution in [3.63, 3.8) is 0 Å². The molecule has 3 rings (SSSR count). The van der Waals surface area contributed by atoms with Crippen LogP contribution in [0.2, 0.25) is 0 Å². The highest BCUT2D eigenvalue weighted by atomic mass is 79.9. The number of rotatable bonds is 6. The molecule has 1 fully saturated rings. The van der Waals surface area contributed by atoms with Crippen LogP contribution >= 0.6 is 15.9 Å². The van der Waals surface area contributed by atoms with Crippen molar-refractivity contribution >= 4 is 85.2 Å². The van der Waals surface area contributed by atoms with Crippen LogP contribution in [-0.2, 0) is 9.47 Å². The van der Waals surface area contributed by atoms with Gasteiger partial charge < -0.3 is 24.7 Å². The van der Waals surface area contributed by atoms with Gasteiger partial charge in [-0.2, -0.15) is 0 Å². The summed E-state index contributed by atoms with van der Waals surface area (Å²) in [6.07, 6.45) is 1.17. The molecule has 6 nitrogen and oxygen atoms in total. The Morgan fingerprint density at radius 3 is 2.47 bits per heavy atom. The van der Waals surface area contributed by atoms with Gasteiger partial charge in [0.05, 0.1) is 24.3 Å². The summed E-state index contributed by atoms with van der Waals surface area (Å²) in [5.74, 6) is 0.268. The number of anilines is 1. The van der Waals surface area contributed by atoms with Gasteiger partial charge in [0.2, 0.25) is 0 Å². The average Bonchev–Trinajstić information content (AvgIpc) is 2.68. The van der Waals surface area contributed by atoms with E-state index in [-0.39, 0.29) is 40.6 Å². The summed E-state index contributed by atoms with van der Waals surface area (Å²) in [4.78, 5) is 4.09. The topological polar surface area (TPSA) is 75.8 Å². The van der Waals surface area contributed by atoms with Gasteiger partial charge in [0.25, 0.3) is 0 Å². The van der Waals surface area contributed by atoms with Gasteiger partial charge in [0, 0.05) is 11.8 Å². The molecule has 0 spiro atoms. The van der Waals surface area contributed by atoms with Crippen LogP contribution in [0.25, 0.3) is 11.1 Å². The number of ether oxygens (including phenoxy) is 4. The van der Waals surface area contributed by atoms with Crippen molar-refractivity contribution in [1.29, 1.82) is 0 Å². The fourth-order valence-electron chi connectivity index (χ4n) is 2.89. The summed E-state index contributed by atoms with van der Waals surface area (Å²) in [6, 6.07) is 1.68. The highest BCUT2D eigenvalue weighted by molar-refractivity contribution is 9.10. The van der Waals surface area contributed by atoms with Crippen LogP contribution in [0, 0.1) is 0 Å². The van der Waals surface area contributed by atoms with Gasteiger partial charge in [0.1, 0.15) is 65.6 Å². The number of nitrogens with zero attached hydrogens (tertiary/aromatic N) is 1. The third kappa shape index (κ3) is 5.24. The van der Waals surface area contributed by atoms with Gasteiger partial charge in [-0.25, -0.2) is 4.98 Å². The zero-order valence-corrected chi connectivity index (χ0v) is 17.6. The Balaban J connectivity index is 2.08. The predicted molar refractivity (Wildman–Crippen MR) is 125 cm³/mol. The first-order valence-corrected chi connectivity index (χ1v) is 9.67. The van der Waals surface area contributed by atoms with E-state index >= 15 is 0 Å². The molecule has 12 radical (unpaired) electrons. The molecule has 0 saturated carbocycles. The van der Waals surface area contributed by atoms with Crippen LogP contribution in [0.15, 0.2) is 16.7 Å². The third-order valence-electron chi connectivity index (χ3n) is 4.26. The molecule has 1 saturated heterocycles. The Morgan fingerprint density at radius 2 is 1.87 bits per heavy atom. The molecule has 0 unspecified atom stereocenters. The Labute approximate surface area is 191 Å². The normalized spacial score (nSPS) is 16.9. The maximum atomic E-state index is 6.35. The Bertz CT molecular complexity index is 938. The number of aromatic nitrogens is 1. The van der Waals surface area contributed by atoms with Crippen LogP contribution in [-0.4, -0.2) is 89.9 Å². The summed E-state index contributed by atoms with van der Waals surface area (Å²) in [5.41, 5.74) is 6.88. The predicted octanol–water partition coefficient (Wildman–Crippen LogP) is -2.24. The van der Waals surface area contributed by atoms with Gasteiger partial charge in [0.15, 0.2) is 11.5 Å². The Kier molecular flexibility index (Phi) is 7.25. The second-order valence-electron chi connectivity index (χ2n) is 6.70. The Hall–Kier alpha value is -1.44. The first-order chi connectivity index (χ1) is 14.1. The molecule has 0 bridgehead atoms. The highest BCUT2D eigenvalue weighted by Crippen LogP contribution is 2.30. The lowest BCUT2D eigenvalue weighted by atomic mass is 9.52. The van der Waals surface area contributed by atoms with Crippen molar-refractivity contribution < 1.29 is 18.9 Å². The minimum Gasteiger partial charge on any atom is -0.513 e. The maximum Gasteiger partial charge on any atom is 0.153 e. The molecule has 2 heterocycles. The van der Waals surface area contributed by atoms with Crippen molar-refractivity contribution in [3.8, 4) is 22.6 Å². The molecule has 2 aromatic rings. The van der Waals surface area contributed by atoms with Gasteiger partial charge >= 0.3 is 0 Å². The minimum absolute atomic E-state index is 0.0381. The van der Waals surface area contributed by atoms with Gasteiger partial charge in [-0.1, -0.05) is 10.9 Å². The molecule has 1 atom stereocenters. The summed E-state index contributed by atoms with van der Waals surface area (Å²) in [5, 5.41) is -2.06. The number of pyridine rings is 1.